The number of nitrogens with zero attached hydrogens (tertiary/aromatic N) is 1. The molecule has 2 aliphatic heterocycles. The minimum atomic E-state index is -0.358. The second-order valence-corrected chi connectivity index (χ2v) is 9.17. The number of likely N-dealkylation sites (tertiary alicyclic amines) is 1. The van der Waals surface area contributed by atoms with Gasteiger partial charge < -0.3 is 14.8 Å². The van der Waals surface area contributed by atoms with Crippen molar-refractivity contribution < 1.29 is 18.7 Å². The molecule has 0 aliphatic carbocycles. The summed E-state index contributed by atoms with van der Waals surface area (Å²) in [5.41, 5.74) is 1.31. The average Bonchev–Trinajstić information content (AvgIpc) is 2.75. The molecule has 166 valence electrons. The summed E-state index contributed by atoms with van der Waals surface area (Å²) in [7, 11) is 1.64. The van der Waals surface area contributed by atoms with E-state index in [-0.39, 0.29) is 29.3 Å². The molecule has 2 aromatic rings. The SMILES string of the molecule is COc1ccc2c(c1)[C@@H](NC(=O)C1CCN(Cc3ccccc3F)CC1)CC(C)(C)O2. The Labute approximate surface area is 183 Å². The number of piperidine rings is 1. The number of rotatable bonds is 5. The number of benzene rings is 2. The van der Waals surface area contributed by atoms with Crippen LogP contribution in [0.2, 0.25) is 0 Å². The molecule has 1 atom stereocenters. The fourth-order valence-corrected chi connectivity index (χ4v) is 4.60. The molecule has 0 radical (unpaired) electrons. The third kappa shape index (κ3) is 5.01. The van der Waals surface area contributed by atoms with Gasteiger partial charge in [-0.05, 0) is 64.0 Å². The van der Waals surface area contributed by atoms with Gasteiger partial charge in [-0.2, -0.15) is 0 Å². The Balaban J connectivity index is 1.38. The number of ether oxygens (including phenoxy) is 2. The van der Waals surface area contributed by atoms with Crippen molar-refractivity contribution in [2.24, 2.45) is 5.92 Å². The van der Waals surface area contributed by atoms with Gasteiger partial charge in [0.25, 0.3) is 0 Å². The second kappa shape index (κ2) is 8.87. The highest BCUT2D eigenvalue weighted by Gasteiger charge is 2.36. The molecule has 4 rings (SSSR count). The van der Waals surface area contributed by atoms with Crippen molar-refractivity contribution >= 4 is 5.91 Å². The number of hydrogen-bond donors (Lipinski definition) is 1. The maximum absolute atomic E-state index is 13.9. The van der Waals surface area contributed by atoms with Gasteiger partial charge in [-0.1, -0.05) is 18.2 Å². The van der Waals surface area contributed by atoms with E-state index in [1.54, 1.807) is 13.2 Å². The van der Waals surface area contributed by atoms with Gasteiger partial charge in [0.15, 0.2) is 0 Å². The van der Waals surface area contributed by atoms with E-state index in [0.29, 0.717) is 18.5 Å². The molecule has 0 aromatic heterocycles. The Bertz CT molecular complexity index is 938. The van der Waals surface area contributed by atoms with Crippen molar-refractivity contribution in [2.45, 2.75) is 51.3 Å². The third-order valence-electron chi connectivity index (χ3n) is 6.30. The molecule has 31 heavy (non-hydrogen) atoms. The highest BCUT2D eigenvalue weighted by atomic mass is 19.1. The first-order valence-corrected chi connectivity index (χ1v) is 11.0. The number of carbonyl (C=O) groups excluding carboxylic acids is 1. The van der Waals surface area contributed by atoms with E-state index in [9.17, 15) is 9.18 Å². The van der Waals surface area contributed by atoms with E-state index in [0.717, 1.165) is 43.0 Å². The third-order valence-corrected chi connectivity index (χ3v) is 6.30. The van der Waals surface area contributed by atoms with E-state index in [1.165, 1.54) is 6.07 Å². The molecular weight excluding hydrogens is 395 g/mol. The zero-order valence-corrected chi connectivity index (χ0v) is 18.5. The monoisotopic (exact) mass is 426 g/mol. The molecule has 1 fully saturated rings. The van der Waals surface area contributed by atoms with E-state index in [4.69, 9.17) is 9.47 Å². The first-order valence-electron chi connectivity index (χ1n) is 11.0. The van der Waals surface area contributed by atoms with Gasteiger partial charge in [0.2, 0.25) is 5.91 Å². The number of hydrogen-bond acceptors (Lipinski definition) is 4. The van der Waals surface area contributed by atoms with Gasteiger partial charge in [0, 0.05) is 30.0 Å². The van der Waals surface area contributed by atoms with Crippen LogP contribution in [0.15, 0.2) is 42.5 Å². The number of fused-ring (bicyclic) bond motifs is 1. The topological polar surface area (TPSA) is 50.8 Å². The summed E-state index contributed by atoms with van der Waals surface area (Å²) in [6.07, 6.45) is 2.25. The molecule has 0 spiro atoms. The smallest absolute Gasteiger partial charge is 0.223 e. The predicted octanol–water partition coefficient (Wildman–Crippen LogP) is 4.46. The van der Waals surface area contributed by atoms with Crippen molar-refractivity contribution in [2.75, 3.05) is 20.2 Å². The lowest BCUT2D eigenvalue weighted by atomic mass is 9.88. The fraction of sp³-hybridized carbons (Fsp3) is 0.480. The summed E-state index contributed by atoms with van der Waals surface area (Å²) >= 11 is 0. The van der Waals surface area contributed by atoms with Gasteiger partial charge in [-0.15, -0.1) is 0 Å². The van der Waals surface area contributed by atoms with Crippen LogP contribution in [0.3, 0.4) is 0 Å². The van der Waals surface area contributed by atoms with Crippen LogP contribution in [-0.4, -0.2) is 36.6 Å². The first kappa shape index (κ1) is 21.6. The van der Waals surface area contributed by atoms with Crippen molar-refractivity contribution in [3.8, 4) is 11.5 Å². The van der Waals surface area contributed by atoms with Crippen LogP contribution in [0, 0.1) is 11.7 Å². The molecule has 5 nitrogen and oxygen atoms in total. The molecule has 0 unspecified atom stereocenters. The molecule has 6 heteroatoms. The molecule has 1 saturated heterocycles. The molecular formula is C25H31FN2O3. The summed E-state index contributed by atoms with van der Waals surface area (Å²) in [4.78, 5) is 15.3. The van der Waals surface area contributed by atoms with Crippen molar-refractivity contribution in [3.05, 3.63) is 59.4 Å². The Morgan fingerprint density at radius 3 is 2.68 bits per heavy atom. The number of methoxy groups -OCH3 is 1. The number of amides is 1. The van der Waals surface area contributed by atoms with Crippen LogP contribution in [0.1, 0.15) is 50.3 Å². The molecule has 2 heterocycles. The van der Waals surface area contributed by atoms with Crippen LogP contribution in [0.4, 0.5) is 4.39 Å². The zero-order valence-electron chi connectivity index (χ0n) is 18.5. The first-order chi connectivity index (χ1) is 14.8. The summed E-state index contributed by atoms with van der Waals surface area (Å²) in [6.45, 7) is 6.25. The number of halogens is 1. The summed E-state index contributed by atoms with van der Waals surface area (Å²) in [5.74, 6) is 1.43. The Kier molecular flexibility index (Phi) is 6.19. The summed E-state index contributed by atoms with van der Waals surface area (Å²) in [5, 5.41) is 3.27. The molecule has 2 aliphatic rings. The minimum Gasteiger partial charge on any atom is -0.497 e. The average molecular weight is 427 g/mol. The van der Waals surface area contributed by atoms with Gasteiger partial charge in [0.05, 0.1) is 13.2 Å². The Hall–Kier alpha value is -2.60. The van der Waals surface area contributed by atoms with Crippen molar-refractivity contribution in [1.29, 1.82) is 0 Å². The molecule has 0 saturated carbocycles. The van der Waals surface area contributed by atoms with Gasteiger partial charge in [-0.25, -0.2) is 4.39 Å². The Morgan fingerprint density at radius 2 is 1.97 bits per heavy atom. The van der Waals surface area contributed by atoms with Gasteiger partial charge in [-0.3, -0.25) is 9.69 Å². The molecule has 1 amide bonds. The molecule has 0 bridgehead atoms. The van der Waals surface area contributed by atoms with Gasteiger partial charge in [0.1, 0.15) is 22.9 Å². The van der Waals surface area contributed by atoms with Crippen molar-refractivity contribution in [3.63, 3.8) is 0 Å². The largest absolute Gasteiger partial charge is 0.497 e. The highest BCUT2D eigenvalue weighted by molar-refractivity contribution is 5.79. The normalized spacial score (nSPS) is 21.1. The van der Waals surface area contributed by atoms with Crippen LogP contribution in [0.5, 0.6) is 11.5 Å². The van der Waals surface area contributed by atoms with E-state index >= 15 is 0 Å². The van der Waals surface area contributed by atoms with Crippen LogP contribution in [-0.2, 0) is 11.3 Å². The second-order valence-electron chi connectivity index (χ2n) is 9.17. The maximum atomic E-state index is 13.9. The van der Waals surface area contributed by atoms with Crippen molar-refractivity contribution in [1.82, 2.24) is 10.2 Å². The van der Waals surface area contributed by atoms with Crippen LogP contribution >= 0.6 is 0 Å². The fourth-order valence-electron chi connectivity index (χ4n) is 4.60. The van der Waals surface area contributed by atoms with E-state index in [1.807, 2.05) is 44.2 Å². The molecule has 1 N–H and O–H groups in total. The summed E-state index contributed by atoms with van der Waals surface area (Å²) < 4.78 is 25.4. The lowest BCUT2D eigenvalue weighted by Gasteiger charge is -2.39. The van der Waals surface area contributed by atoms with Crippen LogP contribution < -0.4 is 14.8 Å². The quantitative estimate of drug-likeness (QED) is 0.767. The highest BCUT2D eigenvalue weighted by Crippen LogP contribution is 2.41. The van der Waals surface area contributed by atoms with E-state index < -0.39 is 0 Å². The van der Waals surface area contributed by atoms with E-state index in [2.05, 4.69) is 10.2 Å². The van der Waals surface area contributed by atoms with Gasteiger partial charge >= 0.3 is 0 Å². The number of carbonyl (C=O) groups is 1. The standard InChI is InChI=1S/C25H31FN2O3/c1-25(2)15-22(20-14-19(30-3)8-9-23(20)31-25)27-24(29)17-10-12-28(13-11-17)16-18-6-4-5-7-21(18)26/h4-9,14,17,22H,10-13,15-16H2,1-3H3,(H,27,29)/t22-/m0/s1. The molecule has 2 aromatic carbocycles. The number of nitrogens with one attached hydrogen (secondary N) is 1. The maximum Gasteiger partial charge on any atom is 0.223 e. The summed E-state index contributed by atoms with van der Waals surface area (Å²) in [6, 6.07) is 12.5. The minimum absolute atomic E-state index is 0.0307. The lowest BCUT2D eigenvalue weighted by molar-refractivity contribution is -0.127. The zero-order chi connectivity index (χ0) is 22.0. The Morgan fingerprint density at radius 1 is 1.23 bits per heavy atom. The van der Waals surface area contributed by atoms with Crippen LogP contribution in [0.25, 0.3) is 0 Å². The lowest BCUT2D eigenvalue weighted by Crippen LogP contribution is -2.45. The predicted molar refractivity (Wildman–Crippen MR) is 118 cm³/mol.